The molecule has 1 aromatic rings. The van der Waals surface area contributed by atoms with Crippen LogP contribution in [0.5, 0.6) is 0 Å². The van der Waals surface area contributed by atoms with Gasteiger partial charge in [-0.25, -0.2) is 0 Å². The van der Waals surface area contributed by atoms with Crippen LogP contribution >= 0.6 is 0 Å². The number of benzene rings is 1. The van der Waals surface area contributed by atoms with Gasteiger partial charge in [-0.2, -0.15) is 0 Å². The van der Waals surface area contributed by atoms with Crippen LogP contribution < -0.4 is 10.2 Å². The van der Waals surface area contributed by atoms with Crippen LogP contribution in [-0.4, -0.2) is 20.1 Å². The molecule has 1 saturated heterocycles. The Morgan fingerprint density at radius 3 is 2.17 bits per heavy atom. The summed E-state index contributed by atoms with van der Waals surface area (Å²) in [5.74, 6) is 0. The van der Waals surface area contributed by atoms with Crippen molar-refractivity contribution in [2.24, 2.45) is 0 Å². The fourth-order valence-electron chi connectivity index (χ4n) is 2.85. The fourth-order valence-corrected chi connectivity index (χ4v) is 2.85. The second-order valence-electron chi connectivity index (χ2n) is 5.24. The van der Waals surface area contributed by atoms with Crippen molar-refractivity contribution < 1.29 is 0 Å². The summed E-state index contributed by atoms with van der Waals surface area (Å²) in [5, 5.41) is 3.36. The maximum absolute atomic E-state index is 3.36. The zero-order chi connectivity index (χ0) is 12.8. The molecule has 18 heavy (non-hydrogen) atoms. The molecule has 0 saturated carbocycles. The Labute approximate surface area is 111 Å². The van der Waals surface area contributed by atoms with Gasteiger partial charge in [0.05, 0.1) is 0 Å². The summed E-state index contributed by atoms with van der Waals surface area (Å²) in [4.78, 5) is 2.54. The minimum absolute atomic E-state index is 0.489. The Morgan fingerprint density at radius 1 is 1.06 bits per heavy atom. The zero-order valence-electron chi connectivity index (χ0n) is 11.8. The van der Waals surface area contributed by atoms with E-state index in [1.54, 1.807) is 0 Å². The second kappa shape index (κ2) is 6.79. The molecule has 0 radical (unpaired) electrons. The molecular formula is C16H26N2. The van der Waals surface area contributed by atoms with Crippen LogP contribution in [0.3, 0.4) is 0 Å². The minimum atomic E-state index is 0.489. The third-order valence-corrected chi connectivity index (χ3v) is 4.02. The highest BCUT2D eigenvalue weighted by atomic mass is 15.1. The molecule has 2 nitrogen and oxygen atoms in total. The van der Waals surface area contributed by atoms with E-state index in [9.17, 15) is 0 Å². The van der Waals surface area contributed by atoms with Gasteiger partial charge in [0.25, 0.3) is 0 Å². The summed E-state index contributed by atoms with van der Waals surface area (Å²) in [6.07, 6.45) is 6.61. The summed E-state index contributed by atoms with van der Waals surface area (Å²) >= 11 is 0. The average molecular weight is 246 g/mol. The van der Waals surface area contributed by atoms with Gasteiger partial charge < -0.3 is 10.2 Å². The topological polar surface area (TPSA) is 15.3 Å². The van der Waals surface area contributed by atoms with Gasteiger partial charge in [0.1, 0.15) is 0 Å². The molecule has 1 aliphatic heterocycles. The molecule has 1 atom stereocenters. The largest absolute Gasteiger partial charge is 0.372 e. The standard InChI is InChI=1S/C16H26N2/c1-3-16(17-2)14-8-10-15(11-9-14)18-12-6-4-5-7-13-18/h8-11,16-17H,3-7,12-13H2,1-2H3. The SMILES string of the molecule is CCC(NC)c1ccc(N2CCCCCC2)cc1. The molecule has 1 N–H and O–H groups in total. The predicted molar refractivity (Wildman–Crippen MR) is 79.2 cm³/mol. The number of hydrogen-bond donors (Lipinski definition) is 1. The van der Waals surface area contributed by atoms with E-state index >= 15 is 0 Å². The second-order valence-corrected chi connectivity index (χ2v) is 5.24. The normalized spacial score (nSPS) is 18.4. The summed E-state index contributed by atoms with van der Waals surface area (Å²) in [5.41, 5.74) is 2.80. The van der Waals surface area contributed by atoms with E-state index in [0.29, 0.717) is 6.04 Å². The molecule has 0 aromatic heterocycles. The van der Waals surface area contributed by atoms with Crippen LogP contribution in [0.15, 0.2) is 24.3 Å². The molecule has 0 amide bonds. The molecule has 1 heterocycles. The fraction of sp³-hybridized carbons (Fsp3) is 0.625. The van der Waals surface area contributed by atoms with Crippen LogP contribution in [0.2, 0.25) is 0 Å². The van der Waals surface area contributed by atoms with Gasteiger partial charge >= 0.3 is 0 Å². The monoisotopic (exact) mass is 246 g/mol. The average Bonchev–Trinajstić information content (AvgIpc) is 2.70. The Kier molecular flexibility index (Phi) is 5.06. The van der Waals surface area contributed by atoms with Crippen molar-refractivity contribution in [3.8, 4) is 0 Å². The molecular weight excluding hydrogens is 220 g/mol. The lowest BCUT2D eigenvalue weighted by Gasteiger charge is -2.23. The van der Waals surface area contributed by atoms with Crippen molar-refractivity contribution in [3.05, 3.63) is 29.8 Å². The van der Waals surface area contributed by atoms with E-state index in [2.05, 4.69) is 41.4 Å². The third-order valence-electron chi connectivity index (χ3n) is 4.02. The Hall–Kier alpha value is -1.02. The highest BCUT2D eigenvalue weighted by Gasteiger charge is 2.11. The lowest BCUT2D eigenvalue weighted by Crippen LogP contribution is -2.23. The van der Waals surface area contributed by atoms with Crippen LogP contribution in [0.25, 0.3) is 0 Å². The maximum Gasteiger partial charge on any atom is 0.0366 e. The number of rotatable bonds is 4. The van der Waals surface area contributed by atoms with Crippen molar-refractivity contribution in [2.75, 3.05) is 25.0 Å². The first kappa shape index (κ1) is 13.4. The van der Waals surface area contributed by atoms with Gasteiger partial charge in [-0.3, -0.25) is 0 Å². The molecule has 0 spiro atoms. The third kappa shape index (κ3) is 3.26. The van der Waals surface area contributed by atoms with Crippen LogP contribution in [0.4, 0.5) is 5.69 Å². The van der Waals surface area contributed by atoms with E-state index in [1.165, 1.54) is 50.0 Å². The first-order valence-electron chi connectivity index (χ1n) is 7.37. The Morgan fingerprint density at radius 2 is 1.67 bits per heavy atom. The number of hydrogen-bond acceptors (Lipinski definition) is 2. The number of anilines is 1. The maximum atomic E-state index is 3.36. The number of nitrogens with zero attached hydrogens (tertiary/aromatic N) is 1. The Balaban J connectivity index is 2.06. The molecule has 100 valence electrons. The summed E-state index contributed by atoms with van der Waals surface area (Å²) in [6, 6.07) is 9.64. The molecule has 0 bridgehead atoms. The van der Waals surface area contributed by atoms with E-state index < -0.39 is 0 Å². The van der Waals surface area contributed by atoms with Crippen molar-refractivity contribution >= 4 is 5.69 Å². The molecule has 2 rings (SSSR count). The highest BCUT2D eigenvalue weighted by Crippen LogP contribution is 2.23. The van der Waals surface area contributed by atoms with Gasteiger partial charge in [-0.05, 0) is 44.0 Å². The lowest BCUT2D eigenvalue weighted by atomic mass is 10.0. The zero-order valence-corrected chi connectivity index (χ0v) is 11.8. The van der Waals surface area contributed by atoms with E-state index in [0.717, 1.165) is 6.42 Å². The van der Waals surface area contributed by atoms with E-state index in [4.69, 9.17) is 0 Å². The van der Waals surface area contributed by atoms with Gasteiger partial charge in [0.15, 0.2) is 0 Å². The van der Waals surface area contributed by atoms with Gasteiger partial charge in [0.2, 0.25) is 0 Å². The summed E-state index contributed by atoms with van der Waals surface area (Å²) in [6.45, 7) is 4.68. The minimum Gasteiger partial charge on any atom is -0.372 e. The van der Waals surface area contributed by atoms with Crippen molar-refractivity contribution in [1.82, 2.24) is 5.32 Å². The summed E-state index contributed by atoms with van der Waals surface area (Å²) in [7, 11) is 2.04. The van der Waals surface area contributed by atoms with Crippen molar-refractivity contribution in [2.45, 2.75) is 45.1 Å². The molecule has 1 aliphatic rings. The van der Waals surface area contributed by atoms with Crippen LogP contribution in [-0.2, 0) is 0 Å². The first-order valence-corrected chi connectivity index (χ1v) is 7.37. The summed E-state index contributed by atoms with van der Waals surface area (Å²) < 4.78 is 0. The van der Waals surface area contributed by atoms with Gasteiger partial charge in [-0.15, -0.1) is 0 Å². The number of nitrogens with one attached hydrogen (secondary N) is 1. The van der Waals surface area contributed by atoms with E-state index in [-0.39, 0.29) is 0 Å². The molecule has 2 heteroatoms. The van der Waals surface area contributed by atoms with E-state index in [1.807, 2.05) is 7.05 Å². The molecule has 1 fully saturated rings. The molecule has 0 aliphatic carbocycles. The Bertz CT molecular complexity index is 333. The lowest BCUT2D eigenvalue weighted by molar-refractivity contribution is 0.577. The van der Waals surface area contributed by atoms with Gasteiger partial charge in [-0.1, -0.05) is 31.9 Å². The van der Waals surface area contributed by atoms with Crippen LogP contribution in [0.1, 0.15) is 50.6 Å². The van der Waals surface area contributed by atoms with Gasteiger partial charge in [0, 0.05) is 24.8 Å². The van der Waals surface area contributed by atoms with Crippen molar-refractivity contribution in [3.63, 3.8) is 0 Å². The predicted octanol–water partition coefficient (Wildman–Crippen LogP) is 3.74. The molecule has 1 unspecified atom stereocenters. The molecule has 1 aromatic carbocycles. The smallest absolute Gasteiger partial charge is 0.0366 e. The quantitative estimate of drug-likeness (QED) is 0.870. The van der Waals surface area contributed by atoms with Crippen LogP contribution in [0, 0.1) is 0 Å². The van der Waals surface area contributed by atoms with Crippen molar-refractivity contribution in [1.29, 1.82) is 0 Å². The highest BCUT2D eigenvalue weighted by molar-refractivity contribution is 5.48. The first-order chi connectivity index (χ1) is 8.85.